The average Bonchev–Trinajstić information content (AvgIpc) is 2.52. The Labute approximate surface area is 108 Å². The van der Waals surface area contributed by atoms with Crippen LogP contribution in [0.3, 0.4) is 0 Å². The lowest BCUT2D eigenvalue weighted by Gasteiger charge is -2.25. The second kappa shape index (κ2) is 5.40. The third-order valence-electron chi connectivity index (χ3n) is 3.44. The zero-order valence-corrected chi connectivity index (χ0v) is 11.1. The minimum Gasteiger partial charge on any atom is -0.362 e. The summed E-state index contributed by atoms with van der Waals surface area (Å²) in [5.74, 6) is 0.173. The molecule has 1 saturated heterocycles. The van der Waals surface area contributed by atoms with E-state index < -0.39 is 0 Å². The molecule has 0 radical (unpaired) electrons. The highest BCUT2D eigenvalue weighted by Crippen LogP contribution is 2.25. The van der Waals surface area contributed by atoms with Crippen LogP contribution < -0.4 is 10.6 Å². The van der Waals surface area contributed by atoms with E-state index >= 15 is 0 Å². The van der Waals surface area contributed by atoms with Crippen LogP contribution in [0.2, 0.25) is 0 Å². The molecule has 98 valence electrons. The van der Waals surface area contributed by atoms with Crippen LogP contribution >= 0.6 is 0 Å². The molecule has 1 fully saturated rings. The number of carbonyl (C=O) groups excluding carboxylic acids is 1. The Bertz CT molecular complexity index is 431. The first kappa shape index (κ1) is 12.9. The molecule has 1 aromatic carbocycles. The van der Waals surface area contributed by atoms with E-state index in [-0.39, 0.29) is 11.9 Å². The van der Waals surface area contributed by atoms with E-state index in [1.165, 1.54) is 0 Å². The second-order valence-corrected chi connectivity index (χ2v) is 4.94. The molecule has 2 N–H and O–H groups in total. The first-order chi connectivity index (χ1) is 8.59. The summed E-state index contributed by atoms with van der Waals surface area (Å²) in [6.07, 6.45) is 0.996. The fraction of sp³-hybridized carbons (Fsp3) is 0.500. The van der Waals surface area contributed by atoms with Crippen molar-refractivity contribution in [1.82, 2.24) is 4.90 Å². The van der Waals surface area contributed by atoms with Crippen LogP contribution in [0.5, 0.6) is 0 Å². The summed E-state index contributed by atoms with van der Waals surface area (Å²) in [6.45, 7) is 4.15. The number of benzene rings is 1. The van der Waals surface area contributed by atoms with Gasteiger partial charge < -0.3 is 15.5 Å². The van der Waals surface area contributed by atoms with E-state index in [0.29, 0.717) is 6.54 Å². The summed E-state index contributed by atoms with van der Waals surface area (Å²) in [6, 6.07) is 8.07. The number of hydrogen-bond acceptors (Lipinski definition) is 3. The molecule has 0 aromatic heterocycles. The van der Waals surface area contributed by atoms with E-state index in [0.717, 1.165) is 30.8 Å². The van der Waals surface area contributed by atoms with Crippen molar-refractivity contribution >= 4 is 11.6 Å². The third kappa shape index (κ3) is 2.64. The Kier molecular flexibility index (Phi) is 3.87. The number of rotatable bonds is 2. The predicted molar refractivity (Wildman–Crippen MR) is 73.5 cm³/mol. The maximum absolute atomic E-state index is 11.9. The standard InChI is InChI=1S/C14H21N3O/c1-11(15)12-6-3-4-7-13(12)17-9-5-8-16(2)14(18)10-17/h3-4,6-7,11H,5,8-10,15H2,1-2H3/t11-/m0/s1. The van der Waals surface area contributed by atoms with Crippen LogP contribution in [0.15, 0.2) is 24.3 Å². The van der Waals surface area contributed by atoms with Gasteiger partial charge in [0, 0.05) is 31.9 Å². The number of anilines is 1. The van der Waals surface area contributed by atoms with Crippen LogP contribution in [0.1, 0.15) is 24.9 Å². The Morgan fingerprint density at radius 3 is 2.72 bits per heavy atom. The number of likely N-dealkylation sites (N-methyl/N-ethyl adjacent to an activating group) is 1. The number of amides is 1. The lowest BCUT2D eigenvalue weighted by atomic mass is 10.1. The smallest absolute Gasteiger partial charge is 0.241 e. The van der Waals surface area contributed by atoms with Crippen molar-refractivity contribution < 1.29 is 4.79 Å². The molecule has 18 heavy (non-hydrogen) atoms. The number of nitrogens with zero attached hydrogens (tertiary/aromatic N) is 2. The first-order valence-electron chi connectivity index (χ1n) is 6.43. The second-order valence-electron chi connectivity index (χ2n) is 4.94. The topological polar surface area (TPSA) is 49.6 Å². The van der Waals surface area contributed by atoms with Crippen LogP contribution in [0, 0.1) is 0 Å². The van der Waals surface area contributed by atoms with Crippen molar-refractivity contribution in [2.75, 3.05) is 31.6 Å². The van der Waals surface area contributed by atoms with Crippen LogP contribution in [-0.4, -0.2) is 37.5 Å². The minimum absolute atomic E-state index is 0.0164. The van der Waals surface area contributed by atoms with Gasteiger partial charge in [-0.2, -0.15) is 0 Å². The lowest BCUT2D eigenvalue weighted by molar-refractivity contribution is -0.127. The zero-order valence-electron chi connectivity index (χ0n) is 11.1. The molecule has 1 aromatic rings. The van der Waals surface area contributed by atoms with Crippen LogP contribution in [-0.2, 0) is 4.79 Å². The quantitative estimate of drug-likeness (QED) is 0.859. The van der Waals surface area contributed by atoms with Crippen LogP contribution in [0.25, 0.3) is 0 Å². The van der Waals surface area contributed by atoms with E-state index in [1.807, 2.05) is 32.2 Å². The highest BCUT2D eigenvalue weighted by atomic mass is 16.2. The lowest BCUT2D eigenvalue weighted by Crippen LogP contribution is -2.35. The van der Waals surface area contributed by atoms with Gasteiger partial charge in [0.25, 0.3) is 0 Å². The van der Waals surface area contributed by atoms with Gasteiger partial charge in [0.05, 0.1) is 6.54 Å². The Morgan fingerprint density at radius 2 is 2.00 bits per heavy atom. The van der Waals surface area contributed by atoms with Gasteiger partial charge in [-0.25, -0.2) is 0 Å². The van der Waals surface area contributed by atoms with Crippen molar-refractivity contribution in [2.24, 2.45) is 5.73 Å². The SMILES string of the molecule is C[C@H](N)c1ccccc1N1CCCN(C)C(=O)C1. The minimum atomic E-state index is -0.0164. The van der Waals surface area contributed by atoms with Crippen molar-refractivity contribution in [2.45, 2.75) is 19.4 Å². The highest BCUT2D eigenvalue weighted by Gasteiger charge is 2.21. The third-order valence-corrected chi connectivity index (χ3v) is 3.44. The summed E-state index contributed by atoms with van der Waals surface area (Å²) in [4.78, 5) is 15.9. The van der Waals surface area contributed by atoms with E-state index in [9.17, 15) is 4.79 Å². The van der Waals surface area contributed by atoms with Gasteiger partial charge in [-0.05, 0) is 25.0 Å². The molecule has 1 atom stereocenters. The summed E-state index contributed by atoms with van der Waals surface area (Å²) >= 11 is 0. The monoisotopic (exact) mass is 247 g/mol. The molecule has 4 nitrogen and oxygen atoms in total. The fourth-order valence-electron chi connectivity index (χ4n) is 2.35. The number of para-hydroxylation sites is 1. The average molecular weight is 247 g/mol. The first-order valence-corrected chi connectivity index (χ1v) is 6.43. The zero-order chi connectivity index (χ0) is 13.1. The molecular weight excluding hydrogens is 226 g/mol. The predicted octanol–water partition coefficient (Wildman–Crippen LogP) is 1.37. The summed E-state index contributed by atoms with van der Waals surface area (Å²) in [5, 5.41) is 0. The van der Waals surface area contributed by atoms with Crippen LogP contribution in [0.4, 0.5) is 5.69 Å². The van der Waals surface area contributed by atoms with Crippen molar-refractivity contribution in [1.29, 1.82) is 0 Å². The van der Waals surface area contributed by atoms with Gasteiger partial charge >= 0.3 is 0 Å². The molecular formula is C14H21N3O. The van der Waals surface area contributed by atoms with Gasteiger partial charge in [0.2, 0.25) is 5.91 Å². The molecule has 1 aliphatic heterocycles. The molecule has 1 heterocycles. The molecule has 0 bridgehead atoms. The molecule has 1 aliphatic rings. The number of hydrogen-bond donors (Lipinski definition) is 1. The molecule has 0 aliphatic carbocycles. The van der Waals surface area contributed by atoms with Gasteiger partial charge in [0.1, 0.15) is 0 Å². The maximum Gasteiger partial charge on any atom is 0.241 e. The summed E-state index contributed by atoms with van der Waals surface area (Å²) < 4.78 is 0. The normalized spacial score (nSPS) is 18.7. The van der Waals surface area contributed by atoms with Crippen molar-refractivity contribution in [3.05, 3.63) is 29.8 Å². The number of carbonyl (C=O) groups is 1. The Morgan fingerprint density at radius 1 is 1.28 bits per heavy atom. The molecule has 0 unspecified atom stereocenters. The van der Waals surface area contributed by atoms with Gasteiger partial charge in [-0.1, -0.05) is 18.2 Å². The van der Waals surface area contributed by atoms with Gasteiger partial charge in [-0.3, -0.25) is 4.79 Å². The number of nitrogens with two attached hydrogens (primary N) is 1. The van der Waals surface area contributed by atoms with E-state index in [4.69, 9.17) is 5.73 Å². The Balaban J connectivity index is 2.28. The Hall–Kier alpha value is -1.55. The molecule has 4 heteroatoms. The largest absolute Gasteiger partial charge is 0.362 e. The van der Waals surface area contributed by atoms with E-state index in [1.54, 1.807) is 4.90 Å². The summed E-state index contributed by atoms with van der Waals surface area (Å²) in [7, 11) is 1.86. The molecule has 2 rings (SSSR count). The summed E-state index contributed by atoms with van der Waals surface area (Å²) in [5.41, 5.74) is 8.20. The fourth-order valence-corrected chi connectivity index (χ4v) is 2.35. The molecule has 1 amide bonds. The molecule has 0 saturated carbocycles. The highest BCUT2D eigenvalue weighted by molar-refractivity contribution is 5.82. The van der Waals surface area contributed by atoms with Crippen molar-refractivity contribution in [3.63, 3.8) is 0 Å². The van der Waals surface area contributed by atoms with Gasteiger partial charge in [-0.15, -0.1) is 0 Å². The van der Waals surface area contributed by atoms with Crippen molar-refractivity contribution in [3.8, 4) is 0 Å². The maximum atomic E-state index is 11.9. The molecule has 0 spiro atoms. The van der Waals surface area contributed by atoms with Gasteiger partial charge in [0.15, 0.2) is 0 Å². The van der Waals surface area contributed by atoms with E-state index in [2.05, 4.69) is 11.0 Å².